The van der Waals surface area contributed by atoms with Crippen molar-refractivity contribution >= 4 is 17.5 Å². The zero-order chi connectivity index (χ0) is 16.9. The van der Waals surface area contributed by atoms with Gasteiger partial charge in [-0.15, -0.1) is 10.2 Å². The molecule has 0 fully saturated rings. The van der Waals surface area contributed by atoms with Crippen LogP contribution in [0.25, 0.3) is 11.5 Å². The molecule has 0 aliphatic heterocycles. The second-order valence-electron chi connectivity index (χ2n) is 4.88. The first-order valence-electron chi connectivity index (χ1n) is 7.04. The van der Waals surface area contributed by atoms with E-state index in [0.29, 0.717) is 10.7 Å². The van der Waals surface area contributed by atoms with Crippen molar-refractivity contribution < 1.29 is 4.79 Å². The molecule has 1 amide bonds. The molecule has 0 saturated carbocycles. The van der Waals surface area contributed by atoms with E-state index in [1.165, 1.54) is 0 Å². The van der Waals surface area contributed by atoms with Gasteiger partial charge in [0.25, 0.3) is 11.5 Å². The maximum Gasteiger partial charge on any atom is 0.283 e. The van der Waals surface area contributed by atoms with Gasteiger partial charge in [0, 0.05) is 17.8 Å². The molecule has 0 aliphatic carbocycles. The van der Waals surface area contributed by atoms with E-state index in [0.717, 1.165) is 5.56 Å². The molecule has 8 heteroatoms. The number of halogens is 1. The third-order valence-electron chi connectivity index (χ3n) is 3.16. The molecule has 2 aromatic heterocycles. The van der Waals surface area contributed by atoms with Crippen molar-refractivity contribution in [2.45, 2.75) is 6.54 Å². The molecule has 1 aromatic carbocycles. The van der Waals surface area contributed by atoms with Crippen molar-refractivity contribution in [2.75, 3.05) is 0 Å². The number of hydrogen-bond acceptors (Lipinski definition) is 5. The highest BCUT2D eigenvalue weighted by Crippen LogP contribution is 2.10. The van der Waals surface area contributed by atoms with E-state index in [4.69, 9.17) is 11.6 Å². The number of aromatic nitrogens is 4. The fourth-order valence-corrected chi connectivity index (χ4v) is 2.23. The van der Waals surface area contributed by atoms with Crippen LogP contribution in [0.1, 0.15) is 16.1 Å². The molecular formula is C16H12ClN5O2. The van der Waals surface area contributed by atoms with Crippen molar-refractivity contribution in [1.82, 2.24) is 25.5 Å². The standard InChI is InChI=1S/C16H12ClN5O2/c17-11-5-3-4-10(8-11)9-19-15(23)13-16(24)20-14(22-21-13)12-6-1-2-7-18-12/h1-8H,9H2,(H,19,23)(H,20,22,24). The number of benzene rings is 1. The second-order valence-corrected chi connectivity index (χ2v) is 5.32. The van der Waals surface area contributed by atoms with E-state index in [-0.39, 0.29) is 18.1 Å². The van der Waals surface area contributed by atoms with Crippen LogP contribution in [0.4, 0.5) is 0 Å². The van der Waals surface area contributed by atoms with Gasteiger partial charge in [-0.3, -0.25) is 14.6 Å². The zero-order valence-corrected chi connectivity index (χ0v) is 13.1. The predicted molar refractivity (Wildman–Crippen MR) is 88.5 cm³/mol. The second kappa shape index (κ2) is 7.01. The van der Waals surface area contributed by atoms with Gasteiger partial charge < -0.3 is 10.3 Å². The quantitative estimate of drug-likeness (QED) is 0.753. The van der Waals surface area contributed by atoms with Crippen molar-refractivity contribution in [2.24, 2.45) is 0 Å². The summed E-state index contributed by atoms with van der Waals surface area (Å²) in [4.78, 5) is 30.7. The van der Waals surface area contributed by atoms with Gasteiger partial charge in [0.2, 0.25) is 5.69 Å². The van der Waals surface area contributed by atoms with Crippen LogP contribution in [-0.4, -0.2) is 26.1 Å². The van der Waals surface area contributed by atoms with Gasteiger partial charge in [0.1, 0.15) is 5.69 Å². The summed E-state index contributed by atoms with van der Waals surface area (Å²) in [5.41, 5.74) is 0.337. The number of nitrogens with one attached hydrogen (secondary N) is 2. The Morgan fingerprint density at radius 3 is 2.75 bits per heavy atom. The predicted octanol–water partition coefficient (Wildman–Crippen LogP) is 1.81. The number of carbonyl (C=O) groups excluding carboxylic acids is 1. The smallest absolute Gasteiger partial charge is 0.283 e. The number of H-pyrrole nitrogens is 1. The summed E-state index contributed by atoms with van der Waals surface area (Å²) in [6.07, 6.45) is 1.57. The Labute approximate surface area is 141 Å². The lowest BCUT2D eigenvalue weighted by Crippen LogP contribution is -2.31. The molecule has 3 rings (SSSR count). The van der Waals surface area contributed by atoms with Crippen molar-refractivity contribution in [1.29, 1.82) is 0 Å². The molecule has 0 bridgehead atoms. The number of amides is 1. The van der Waals surface area contributed by atoms with Crippen molar-refractivity contribution in [3.05, 3.63) is 75.3 Å². The minimum absolute atomic E-state index is 0.201. The molecule has 2 N–H and O–H groups in total. The van der Waals surface area contributed by atoms with Crippen molar-refractivity contribution in [3.63, 3.8) is 0 Å². The Morgan fingerprint density at radius 1 is 1.17 bits per heavy atom. The minimum atomic E-state index is -0.630. The average molecular weight is 342 g/mol. The van der Waals surface area contributed by atoms with Gasteiger partial charge in [-0.1, -0.05) is 29.8 Å². The molecular weight excluding hydrogens is 330 g/mol. The maximum absolute atomic E-state index is 12.1. The third kappa shape index (κ3) is 3.64. The molecule has 0 atom stereocenters. The fraction of sp³-hybridized carbons (Fsp3) is 0.0625. The van der Waals surface area contributed by atoms with E-state index in [1.54, 1.807) is 42.6 Å². The number of hydrogen-bond donors (Lipinski definition) is 2. The normalized spacial score (nSPS) is 10.4. The summed E-state index contributed by atoms with van der Waals surface area (Å²) < 4.78 is 0. The first-order chi connectivity index (χ1) is 11.6. The molecule has 7 nitrogen and oxygen atoms in total. The zero-order valence-electron chi connectivity index (χ0n) is 12.4. The molecule has 24 heavy (non-hydrogen) atoms. The maximum atomic E-state index is 12.1. The lowest BCUT2D eigenvalue weighted by atomic mass is 10.2. The molecule has 0 aliphatic rings. The van der Waals surface area contributed by atoms with Crippen LogP contribution in [0.5, 0.6) is 0 Å². The Morgan fingerprint density at radius 2 is 2.04 bits per heavy atom. The van der Waals surface area contributed by atoms with Gasteiger partial charge in [0.05, 0.1) is 0 Å². The number of aromatic amines is 1. The summed E-state index contributed by atoms with van der Waals surface area (Å²) in [6.45, 7) is 0.225. The Bertz CT molecular complexity index is 927. The molecule has 120 valence electrons. The Hall–Kier alpha value is -3.06. The van der Waals surface area contributed by atoms with Crippen LogP contribution >= 0.6 is 11.6 Å². The summed E-state index contributed by atoms with van der Waals surface area (Å²) in [7, 11) is 0. The van der Waals surface area contributed by atoms with Gasteiger partial charge >= 0.3 is 0 Å². The number of rotatable bonds is 4. The summed E-state index contributed by atoms with van der Waals surface area (Å²) in [5, 5.41) is 10.7. The molecule has 2 heterocycles. The number of pyridine rings is 1. The highest BCUT2D eigenvalue weighted by atomic mass is 35.5. The number of carbonyl (C=O) groups is 1. The van der Waals surface area contributed by atoms with E-state index < -0.39 is 11.5 Å². The summed E-state index contributed by atoms with van der Waals surface area (Å²) in [6, 6.07) is 12.2. The van der Waals surface area contributed by atoms with E-state index in [9.17, 15) is 9.59 Å². The van der Waals surface area contributed by atoms with Gasteiger partial charge in [-0.05, 0) is 29.8 Å². The van der Waals surface area contributed by atoms with Crippen LogP contribution in [0.2, 0.25) is 5.02 Å². The largest absolute Gasteiger partial charge is 0.346 e. The minimum Gasteiger partial charge on any atom is -0.346 e. The van der Waals surface area contributed by atoms with Crippen molar-refractivity contribution in [3.8, 4) is 11.5 Å². The van der Waals surface area contributed by atoms with E-state index in [2.05, 4.69) is 25.5 Å². The van der Waals surface area contributed by atoms with Gasteiger partial charge in [-0.2, -0.15) is 0 Å². The third-order valence-corrected chi connectivity index (χ3v) is 3.40. The first-order valence-corrected chi connectivity index (χ1v) is 7.42. The van der Waals surface area contributed by atoms with Crippen LogP contribution < -0.4 is 10.9 Å². The highest BCUT2D eigenvalue weighted by molar-refractivity contribution is 6.30. The number of nitrogens with zero attached hydrogens (tertiary/aromatic N) is 3. The van der Waals surface area contributed by atoms with Gasteiger partial charge in [0.15, 0.2) is 5.82 Å². The lowest BCUT2D eigenvalue weighted by Gasteiger charge is -2.05. The molecule has 0 saturated heterocycles. The summed E-state index contributed by atoms with van der Waals surface area (Å²) in [5.74, 6) is -0.414. The molecule has 0 spiro atoms. The molecule has 0 radical (unpaired) electrons. The summed E-state index contributed by atoms with van der Waals surface area (Å²) >= 11 is 5.88. The lowest BCUT2D eigenvalue weighted by molar-refractivity contribution is 0.0943. The van der Waals surface area contributed by atoms with Gasteiger partial charge in [-0.25, -0.2) is 0 Å². The monoisotopic (exact) mass is 341 g/mol. The van der Waals surface area contributed by atoms with Crippen LogP contribution in [0.3, 0.4) is 0 Å². The SMILES string of the molecule is O=C(NCc1cccc(Cl)c1)c1nnc(-c2ccccn2)[nH]c1=O. The molecule has 0 unspecified atom stereocenters. The highest BCUT2D eigenvalue weighted by Gasteiger charge is 2.14. The average Bonchev–Trinajstić information content (AvgIpc) is 2.60. The topological polar surface area (TPSA) is 101 Å². The fourth-order valence-electron chi connectivity index (χ4n) is 2.02. The van der Waals surface area contributed by atoms with Crippen LogP contribution in [0.15, 0.2) is 53.5 Å². The first kappa shape index (κ1) is 15.8. The van der Waals surface area contributed by atoms with Crippen LogP contribution in [-0.2, 0) is 6.54 Å². The Kier molecular flexibility index (Phi) is 4.62. The molecule has 3 aromatic rings. The van der Waals surface area contributed by atoms with E-state index >= 15 is 0 Å². The van der Waals surface area contributed by atoms with E-state index in [1.807, 2.05) is 6.07 Å². The van der Waals surface area contributed by atoms with Crippen LogP contribution in [0, 0.1) is 0 Å². The Balaban J connectivity index is 1.75.